The molecule has 1 heterocycles. The Hall–Kier alpha value is -2.11. The van der Waals surface area contributed by atoms with Crippen LogP contribution in [0.2, 0.25) is 0 Å². The Bertz CT molecular complexity index is 855. The van der Waals surface area contributed by atoms with E-state index in [-0.39, 0.29) is 7.92 Å². The van der Waals surface area contributed by atoms with Crippen LogP contribution in [0, 0.1) is 6.92 Å². The number of methoxy groups -OCH3 is 1. The van der Waals surface area contributed by atoms with Crippen LogP contribution in [0.4, 0.5) is 0 Å². The lowest BCUT2D eigenvalue weighted by atomic mass is 9.97. The number of benzene rings is 3. The third-order valence-corrected chi connectivity index (χ3v) is 6.96. The fourth-order valence-electron chi connectivity index (χ4n) is 3.43. The van der Waals surface area contributed by atoms with Crippen LogP contribution in [0.25, 0.3) is 11.1 Å². The normalized spacial score (nSPS) is 15.7. The highest BCUT2D eigenvalue weighted by molar-refractivity contribution is 7.72. The monoisotopic (exact) mass is 318 g/mol. The van der Waals surface area contributed by atoms with Gasteiger partial charge in [0.2, 0.25) is 0 Å². The molecule has 1 aliphatic heterocycles. The molecule has 0 unspecified atom stereocenters. The Labute approximate surface area is 138 Å². The molecule has 0 bridgehead atoms. The van der Waals surface area contributed by atoms with Gasteiger partial charge in [-0.1, -0.05) is 60.7 Å². The van der Waals surface area contributed by atoms with Crippen molar-refractivity contribution in [2.45, 2.75) is 13.1 Å². The highest BCUT2D eigenvalue weighted by atomic mass is 31.1. The van der Waals surface area contributed by atoms with Crippen LogP contribution in [0.3, 0.4) is 0 Å². The van der Waals surface area contributed by atoms with E-state index in [0.29, 0.717) is 0 Å². The van der Waals surface area contributed by atoms with Gasteiger partial charge in [-0.2, -0.15) is 0 Å². The second-order valence-electron chi connectivity index (χ2n) is 5.94. The minimum atomic E-state index is -0.355. The van der Waals surface area contributed by atoms with Crippen molar-refractivity contribution < 1.29 is 4.74 Å². The van der Waals surface area contributed by atoms with Crippen molar-refractivity contribution in [3.63, 3.8) is 0 Å². The first-order chi connectivity index (χ1) is 11.3. The van der Waals surface area contributed by atoms with Crippen LogP contribution in [-0.4, -0.2) is 7.11 Å². The first-order valence-corrected chi connectivity index (χ1v) is 9.40. The van der Waals surface area contributed by atoms with Crippen LogP contribution in [0.1, 0.15) is 11.1 Å². The lowest BCUT2D eigenvalue weighted by molar-refractivity contribution is 0.416. The lowest BCUT2D eigenvalue weighted by Crippen LogP contribution is -2.20. The highest BCUT2D eigenvalue weighted by Crippen LogP contribution is 2.50. The maximum atomic E-state index is 5.70. The maximum absolute atomic E-state index is 5.70. The molecule has 3 aromatic rings. The molecule has 23 heavy (non-hydrogen) atoms. The highest BCUT2D eigenvalue weighted by Gasteiger charge is 2.27. The minimum absolute atomic E-state index is 0.355. The molecule has 3 aromatic carbocycles. The predicted octanol–water partition coefficient (Wildman–Crippen LogP) is 4.62. The average molecular weight is 318 g/mol. The Balaban J connectivity index is 1.96. The summed E-state index contributed by atoms with van der Waals surface area (Å²) in [5.41, 5.74) is 5.29. The zero-order valence-electron chi connectivity index (χ0n) is 13.4. The SMILES string of the molecule is COc1cc(C)cc2c1-c1ccccc1[P@](c1ccccc1)C2. The van der Waals surface area contributed by atoms with Gasteiger partial charge in [-0.05, 0) is 48.2 Å². The summed E-state index contributed by atoms with van der Waals surface area (Å²) >= 11 is 0. The molecule has 0 aliphatic carbocycles. The molecule has 1 aliphatic rings. The van der Waals surface area contributed by atoms with Crippen LogP contribution < -0.4 is 15.3 Å². The van der Waals surface area contributed by atoms with Crippen molar-refractivity contribution in [3.05, 3.63) is 77.9 Å². The van der Waals surface area contributed by atoms with Crippen molar-refractivity contribution in [2.24, 2.45) is 0 Å². The van der Waals surface area contributed by atoms with Crippen molar-refractivity contribution in [1.29, 1.82) is 0 Å². The molecular formula is C21H19OP. The molecule has 1 nitrogen and oxygen atoms in total. The van der Waals surface area contributed by atoms with Crippen molar-refractivity contribution >= 4 is 18.5 Å². The number of aryl methyl sites for hydroxylation is 1. The largest absolute Gasteiger partial charge is 0.496 e. The predicted molar refractivity (Wildman–Crippen MR) is 99.5 cm³/mol. The zero-order chi connectivity index (χ0) is 15.8. The summed E-state index contributed by atoms with van der Waals surface area (Å²) in [6.07, 6.45) is 1.09. The average Bonchev–Trinajstić information content (AvgIpc) is 2.60. The summed E-state index contributed by atoms with van der Waals surface area (Å²) in [6.45, 7) is 2.15. The van der Waals surface area contributed by atoms with E-state index in [2.05, 4.69) is 73.7 Å². The number of fused-ring (bicyclic) bond motifs is 3. The lowest BCUT2D eigenvalue weighted by Gasteiger charge is -2.30. The topological polar surface area (TPSA) is 9.23 Å². The molecule has 1 atom stereocenters. The molecule has 0 fully saturated rings. The van der Waals surface area contributed by atoms with Gasteiger partial charge in [-0.3, -0.25) is 0 Å². The Morgan fingerprint density at radius 2 is 1.65 bits per heavy atom. The molecule has 0 radical (unpaired) electrons. The van der Waals surface area contributed by atoms with E-state index < -0.39 is 0 Å². The number of ether oxygens (including phenoxy) is 1. The second kappa shape index (κ2) is 5.83. The number of rotatable bonds is 2. The number of hydrogen-bond donors (Lipinski definition) is 0. The summed E-state index contributed by atoms with van der Waals surface area (Å²) in [4.78, 5) is 0. The fraction of sp³-hybridized carbons (Fsp3) is 0.143. The van der Waals surface area contributed by atoms with Gasteiger partial charge >= 0.3 is 0 Å². The third kappa shape index (κ3) is 2.46. The van der Waals surface area contributed by atoms with E-state index in [0.717, 1.165) is 11.9 Å². The van der Waals surface area contributed by atoms with Crippen LogP contribution in [0.5, 0.6) is 5.75 Å². The molecular weight excluding hydrogens is 299 g/mol. The van der Waals surface area contributed by atoms with Crippen LogP contribution in [0.15, 0.2) is 66.7 Å². The quantitative estimate of drug-likeness (QED) is 0.627. The zero-order valence-corrected chi connectivity index (χ0v) is 14.3. The molecule has 0 aromatic heterocycles. The summed E-state index contributed by atoms with van der Waals surface area (Å²) in [6, 6.07) is 24.2. The summed E-state index contributed by atoms with van der Waals surface area (Å²) in [7, 11) is 1.42. The molecule has 2 heteroatoms. The Morgan fingerprint density at radius 3 is 2.43 bits per heavy atom. The smallest absolute Gasteiger partial charge is 0.127 e. The first kappa shape index (κ1) is 14.5. The molecule has 0 saturated carbocycles. The third-order valence-electron chi connectivity index (χ3n) is 4.41. The molecule has 0 N–H and O–H groups in total. The van der Waals surface area contributed by atoms with E-state index >= 15 is 0 Å². The van der Waals surface area contributed by atoms with E-state index in [9.17, 15) is 0 Å². The standard InChI is InChI=1S/C21H19OP/c1-15-12-16-14-23(17-8-4-3-5-9-17)20-11-7-6-10-18(20)21(16)19(13-15)22-2/h3-13H,14H2,1-2H3/t23-/m0/s1. The van der Waals surface area contributed by atoms with Gasteiger partial charge in [0, 0.05) is 11.7 Å². The van der Waals surface area contributed by atoms with Crippen LogP contribution >= 0.6 is 7.92 Å². The van der Waals surface area contributed by atoms with Crippen molar-refractivity contribution in [3.8, 4) is 16.9 Å². The van der Waals surface area contributed by atoms with Gasteiger partial charge in [0.1, 0.15) is 5.75 Å². The Kier molecular flexibility index (Phi) is 3.67. The maximum Gasteiger partial charge on any atom is 0.127 e. The van der Waals surface area contributed by atoms with Gasteiger partial charge in [0.05, 0.1) is 7.11 Å². The summed E-state index contributed by atoms with van der Waals surface area (Å²) in [5, 5.41) is 2.91. The minimum Gasteiger partial charge on any atom is -0.496 e. The molecule has 114 valence electrons. The molecule has 4 rings (SSSR count). The van der Waals surface area contributed by atoms with Gasteiger partial charge in [-0.15, -0.1) is 0 Å². The van der Waals surface area contributed by atoms with Gasteiger partial charge < -0.3 is 4.74 Å². The molecule has 0 saturated heterocycles. The van der Waals surface area contributed by atoms with E-state index in [1.807, 2.05) is 0 Å². The van der Waals surface area contributed by atoms with Gasteiger partial charge in [-0.25, -0.2) is 0 Å². The van der Waals surface area contributed by atoms with Crippen molar-refractivity contribution in [1.82, 2.24) is 0 Å². The molecule has 0 spiro atoms. The number of hydrogen-bond acceptors (Lipinski definition) is 1. The Morgan fingerprint density at radius 1 is 0.913 bits per heavy atom. The fourth-order valence-corrected chi connectivity index (χ4v) is 5.93. The van der Waals surface area contributed by atoms with Gasteiger partial charge in [0.15, 0.2) is 0 Å². The van der Waals surface area contributed by atoms with Crippen LogP contribution in [-0.2, 0) is 6.16 Å². The van der Waals surface area contributed by atoms with E-state index in [1.165, 1.54) is 32.9 Å². The molecule has 0 amide bonds. The summed E-state index contributed by atoms with van der Waals surface area (Å²) in [5.74, 6) is 0.996. The summed E-state index contributed by atoms with van der Waals surface area (Å²) < 4.78 is 5.70. The van der Waals surface area contributed by atoms with E-state index in [1.54, 1.807) is 7.11 Å². The van der Waals surface area contributed by atoms with Gasteiger partial charge in [0.25, 0.3) is 0 Å². The van der Waals surface area contributed by atoms with Crippen molar-refractivity contribution in [2.75, 3.05) is 7.11 Å². The first-order valence-electron chi connectivity index (χ1n) is 7.87. The van der Waals surface area contributed by atoms with E-state index in [4.69, 9.17) is 4.74 Å². The second-order valence-corrected chi connectivity index (χ2v) is 8.11.